The van der Waals surface area contributed by atoms with Gasteiger partial charge in [-0.2, -0.15) is 26.3 Å². The molecule has 3 aromatic carbocycles. The molecule has 0 N–H and O–H groups in total. The fraction of sp³-hybridized carbons (Fsp3) is 0.333. The molecule has 1 aliphatic rings. The Morgan fingerprint density at radius 1 is 0.976 bits per heavy atom. The highest BCUT2D eigenvalue weighted by molar-refractivity contribution is 9.10. The van der Waals surface area contributed by atoms with Crippen LogP contribution >= 0.6 is 15.9 Å². The van der Waals surface area contributed by atoms with E-state index >= 15 is 0 Å². The fourth-order valence-electron chi connectivity index (χ4n) is 4.90. The lowest BCUT2D eigenvalue weighted by Crippen LogP contribution is -2.31. The predicted molar refractivity (Wildman–Crippen MR) is 147 cm³/mol. The van der Waals surface area contributed by atoms with Gasteiger partial charge in [-0.1, -0.05) is 39.7 Å². The number of carbonyl (C=O) groups is 2. The highest BCUT2D eigenvalue weighted by Crippen LogP contribution is 2.42. The molecule has 0 aromatic heterocycles. The number of cyclic esters (lactones) is 1. The largest absolute Gasteiger partial charge is 0.496 e. The van der Waals surface area contributed by atoms with Crippen LogP contribution in [-0.4, -0.2) is 34.8 Å². The van der Waals surface area contributed by atoms with Gasteiger partial charge < -0.3 is 9.47 Å². The van der Waals surface area contributed by atoms with E-state index in [0.717, 1.165) is 5.56 Å². The molecule has 1 fully saturated rings. The maximum Gasteiger partial charge on any atom is 0.416 e. The minimum absolute atomic E-state index is 0.0321. The number of ether oxygens (including phenoxy) is 2. The van der Waals surface area contributed by atoms with E-state index in [1.54, 1.807) is 37.3 Å². The van der Waals surface area contributed by atoms with E-state index in [1.807, 2.05) is 13.0 Å². The first kappa shape index (κ1) is 31.4. The van der Waals surface area contributed by atoms with Crippen LogP contribution in [0.25, 0.3) is 11.1 Å². The summed E-state index contributed by atoms with van der Waals surface area (Å²) in [5.41, 5.74) is -0.356. The first-order valence-corrected chi connectivity index (χ1v) is 13.7. The standard InChI is InChI=1S/C30H26BrF6NO4/c1-15-5-7-23(24-12-18(26(39)16(2)31)6-8-25(24)41-4)20(9-15)14-38-17(3)27(42-28(38)40)19-10-21(29(32,33)34)13-22(11-19)30(35,36)37/h5-13,16-17,27H,14H2,1-4H3/t16?,17-,27-/m0/s1. The summed E-state index contributed by atoms with van der Waals surface area (Å²) >= 11 is 3.28. The van der Waals surface area contributed by atoms with E-state index in [4.69, 9.17) is 9.47 Å². The Kier molecular flexibility index (Phi) is 8.69. The van der Waals surface area contributed by atoms with Crippen molar-refractivity contribution in [3.8, 4) is 16.9 Å². The second-order valence-corrected chi connectivity index (χ2v) is 11.4. The van der Waals surface area contributed by atoms with Gasteiger partial charge in [0.15, 0.2) is 5.78 Å². The number of hydrogen-bond acceptors (Lipinski definition) is 4. The zero-order chi connectivity index (χ0) is 31.1. The topological polar surface area (TPSA) is 55.8 Å². The molecule has 1 aliphatic heterocycles. The first-order valence-electron chi connectivity index (χ1n) is 12.7. The zero-order valence-electron chi connectivity index (χ0n) is 22.9. The molecule has 1 heterocycles. The Hall–Kier alpha value is -3.54. The summed E-state index contributed by atoms with van der Waals surface area (Å²) in [6, 6.07) is 10.6. The monoisotopic (exact) mass is 657 g/mol. The van der Waals surface area contributed by atoms with Crippen molar-refractivity contribution in [2.24, 2.45) is 0 Å². The van der Waals surface area contributed by atoms with Gasteiger partial charge in [0.2, 0.25) is 0 Å². The summed E-state index contributed by atoms with van der Waals surface area (Å²) in [5, 5.41) is 0. The van der Waals surface area contributed by atoms with Gasteiger partial charge in [0.05, 0.1) is 35.7 Å². The van der Waals surface area contributed by atoms with Gasteiger partial charge >= 0.3 is 18.4 Å². The molecular weight excluding hydrogens is 632 g/mol. The molecular formula is C30H26BrF6NO4. The van der Waals surface area contributed by atoms with Crippen LogP contribution in [0.2, 0.25) is 0 Å². The highest BCUT2D eigenvalue weighted by Gasteiger charge is 2.43. The van der Waals surface area contributed by atoms with Crippen molar-refractivity contribution >= 4 is 27.8 Å². The van der Waals surface area contributed by atoms with Gasteiger partial charge in [0.1, 0.15) is 11.9 Å². The Morgan fingerprint density at radius 2 is 1.60 bits per heavy atom. The van der Waals surface area contributed by atoms with E-state index in [9.17, 15) is 35.9 Å². The maximum absolute atomic E-state index is 13.5. The second kappa shape index (κ2) is 11.6. The van der Waals surface area contributed by atoms with Crippen LogP contribution in [0.4, 0.5) is 31.1 Å². The van der Waals surface area contributed by atoms with E-state index in [0.29, 0.717) is 40.1 Å². The van der Waals surface area contributed by atoms with Gasteiger partial charge in [-0.05, 0) is 73.9 Å². The lowest BCUT2D eigenvalue weighted by Gasteiger charge is -2.24. The number of nitrogens with zero attached hydrogens (tertiary/aromatic N) is 1. The summed E-state index contributed by atoms with van der Waals surface area (Å²) < 4.78 is 91.7. The lowest BCUT2D eigenvalue weighted by atomic mass is 9.93. The van der Waals surface area contributed by atoms with Crippen molar-refractivity contribution in [3.63, 3.8) is 0 Å². The number of hydrogen-bond donors (Lipinski definition) is 0. The SMILES string of the molecule is COc1ccc(C(=O)C(C)Br)cc1-c1ccc(C)cc1CN1C(=O)O[C@H](c2cc(C(F)(F)F)cc(C(F)(F)F)c2)[C@@H]1C. The summed E-state index contributed by atoms with van der Waals surface area (Å²) in [6.45, 7) is 4.94. The minimum atomic E-state index is -5.04. The third-order valence-electron chi connectivity index (χ3n) is 7.07. The number of alkyl halides is 7. The summed E-state index contributed by atoms with van der Waals surface area (Å²) in [4.78, 5) is 26.5. The van der Waals surface area contributed by atoms with Gasteiger partial charge in [0.25, 0.3) is 0 Å². The number of methoxy groups -OCH3 is 1. The normalized spacial score (nSPS) is 18.2. The number of benzene rings is 3. The lowest BCUT2D eigenvalue weighted by molar-refractivity contribution is -0.143. The minimum Gasteiger partial charge on any atom is -0.496 e. The summed E-state index contributed by atoms with van der Waals surface area (Å²) in [6.07, 6.45) is -12.4. The van der Waals surface area contributed by atoms with E-state index in [1.165, 1.54) is 18.9 Å². The number of aryl methyl sites for hydroxylation is 1. The van der Waals surface area contributed by atoms with Crippen LogP contribution in [0, 0.1) is 6.92 Å². The quantitative estimate of drug-likeness (QED) is 0.145. The van der Waals surface area contributed by atoms with Crippen molar-refractivity contribution in [2.45, 2.75) is 56.6 Å². The second-order valence-electron chi connectivity index (χ2n) is 10.1. The molecule has 5 nitrogen and oxygen atoms in total. The number of rotatable bonds is 7. The molecule has 1 amide bonds. The van der Waals surface area contributed by atoms with Crippen LogP contribution in [0.15, 0.2) is 54.6 Å². The molecule has 1 saturated heterocycles. The molecule has 1 unspecified atom stereocenters. The average molecular weight is 658 g/mol. The number of carbonyl (C=O) groups excluding carboxylic acids is 2. The first-order chi connectivity index (χ1) is 19.5. The Balaban J connectivity index is 1.74. The van der Waals surface area contributed by atoms with Crippen molar-refractivity contribution in [1.82, 2.24) is 4.90 Å². The third kappa shape index (κ3) is 6.43. The molecule has 224 valence electrons. The van der Waals surface area contributed by atoms with E-state index < -0.39 is 52.1 Å². The van der Waals surface area contributed by atoms with Gasteiger partial charge in [0, 0.05) is 11.1 Å². The third-order valence-corrected chi connectivity index (χ3v) is 7.48. The molecule has 3 aromatic rings. The molecule has 3 atom stereocenters. The van der Waals surface area contributed by atoms with Crippen LogP contribution in [0.1, 0.15) is 58.1 Å². The van der Waals surface area contributed by atoms with E-state index in [2.05, 4.69) is 15.9 Å². The van der Waals surface area contributed by atoms with Crippen LogP contribution in [0.3, 0.4) is 0 Å². The van der Waals surface area contributed by atoms with Crippen molar-refractivity contribution in [1.29, 1.82) is 0 Å². The smallest absolute Gasteiger partial charge is 0.416 e. The number of ketones is 1. The predicted octanol–water partition coefficient (Wildman–Crippen LogP) is 8.76. The number of Topliss-reactive ketones (excluding diaryl/α,β-unsaturated/α-hetero) is 1. The maximum atomic E-state index is 13.5. The van der Waals surface area contributed by atoms with E-state index in [-0.39, 0.29) is 18.4 Å². The molecule has 0 saturated carbocycles. The molecule has 4 rings (SSSR count). The fourth-order valence-corrected chi connectivity index (χ4v) is 5.17. The summed E-state index contributed by atoms with van der Waals surface area (Å²) in [5.74, 6) is 0.295. The number of halogens is 7. The molecule has 0 radical (unpaired) electrons. The van der Waals surface area contributed by atoms with Gasteiger partial charge in [-0.15, -0.1) is 0 Å². The molecule has 42 heavy (non-hydrogen) atoms. The summed E-state index contributed by atoms with van der Waals surface area (Å²) in [7, 11) is 1.47. The van der Waals surface area contributed by atoms with Crippen molar-refractivity contribution < 1.29 is 45.4 Å². The van der Waals surface area contributed by atoms with Crippen molar-refractivity contribution in [2.75, 3.05) is 7.11 Å². The van der Waals surface area contributed by atoms with Gasteiger partial charge in [-0.25, -0.2) is 4.79 Å². The Bertz CT molecular complexity index is 1490. The molecule has 12 heteroatoms. The average Bonchev–Trinajstić information content (AvgIpc) is 3.19. The molecule has 0 bridgehead atoms. The Morgan fingerprint density at radius 3 is 2.14 bits per heavy atom. The molecule has 0 spiro atoms. The Labute approximate surface area is 246 Å². The highest BCUT2D eigenvalue weighted by atomic mass is 79.9. The van der Waals surface area contributed by atoms with Gasteiger partial charge in [-0.3, -0.25) is 9.69 Å². The van der Waals surface area contributed by atoms with Crippen molar-refractivity contribution in [3.05, 3.63) is 88.0 Å². The zero-order valence-corrected chi connectivity index (χ0v) is 24.4. The van der Waals surface area contributed by atoms with Crippen LogP contribution in [0.5, 0.6) is 5.75 Å². The molecule has 0 aliphatic carbocycles. The van der Waals surface area contributed by atoms with Crippen LogP contribution in [-0.2, 0) is 23.6 Å². The number of amides is 1. The van der Waals surface area contributed by atoms with Crippen LogP contribution < -0.4 is 4.74 Å².